The standard InChI is InChI=1S/C11H14N2O4S/c14-5-11(6-15)7-18-10(12-11)8-1-3-9(4-2-8)13(16)17/h1-4,10,12,14-15H,5-7H2/t10-/m1/s1. The molecule has 0 saturated carbocycles. The van der Waals surface area contributed by atoms with Crippen molar-refractivity contribution in [1.82, 2.24) is 5.32 Å². The van der Waals surface area contributed by atoms with E-state index >= 15 is 0 Å². The summed E-state index contributed by atoms with van der Waals surface area (Å²) in [5, 5.41) is 32.2. The number of nitro benzene ring substituents is 1. The Morgan fingerprint density at radius 2 is 2.00 bits per heavy atom. The van der Waals surface area contributed by atoms with Crippen LogP contribution in [0.2, 0.25) is 0 Å². The van der Waals surface area contributed by atoms with Gasteiger partial charge in [-0.1, -0.05) is 0 Å². The van der Waals surface area contributed by atoms with Gasteiger partial charge in [0, 0.05) is 17.9 Å². The quantitative estimate of drug-likeness (QED) is 0.549. The Morgan fingerprint density at radius 1 is 1.39 bits per heavy atom. The van der Waals surface area contributed by atoms with Crippen molar-refractivity contribution in [2.24, 2.45) is 0 Å². The second-order valence-corrected chi connectivity index (χ2v) is 5.37. The van der Waals surface area contributed by atoms with Gasteiger partial charge in [-0.3, -0.25) is 15.4 Å². The van der Waals surface area contributed by atoms with Crippen LogP contribution in [0.3, 0.4) is 0 Å². The lowest BCUT2D eigenvalue weighted by Crippen LogP contribution is -2.49. The highest BCUT2D eigenvalue weighted by atomic mass is 32.2. The molecule has 0 amide bonds. The monoisotopic (exact) mass is 270 g/mol. The number of aliphatic hydroxyl groups excluding tert-OH is 2. The molecule has 6 nitrogen and oxygen atoms in total. The number of rotatable bonds is 4. The lowest BCUT2D eigenvalue weighted by atomic mass is 10.0. The molecule has 0 unspecified atom stereocenters. The lowest BCUT2D eigenvalue weighted by molar-refractivity contribution is -0.384. The fraction of sp³-hybridized carbons (Fsp3) is 0.455. The number of hydrogen-bond donors (Lipinski definition) is 3. The zero-order chi connectivity index (χ0) is 13.2. The van der Waals surface area contributed by atoms with E-state index in [0.717, 1.165) is 5.56 Å². The van der Waals surface area contributed by atoms with Gasteiger partial charge >= 0.3 is 0 Å². The van der Waals surface area contributed by atoms with Crippen molar-refractivity contribution in [3.8, 4) is 0 Å². The largest absolute Gasteiger partial charge is 0.394 e. The van der Waals surface area contributed by atoms with Crippen LogP contribution in [-0.2, 0) is 0 Å². The van der Waals surface area contributed by atoms with Crippen LogP contribution < -0.4 is 5.32 Å². The van der Waals surface area contributed by atoms with E-state index in [1.165, 1.54) is 12.1 Å². The molecule has 1 aliphatic rings. The van der Waals surface area contributed by atoms with E-state index in [-0.39, 0.29) is 24.3 Å². The summed E-state index contributed by atoms with van der Waals surface area (Å²) in [5.41, 5.74) is 0.281. The van der Waals surface area contributed by atoms with Crippen molar-refractivity contribution in [1.29, 1.82) is 0 Å². The third-order valence-corrected chi connectivity index (χ3v) is 4.42. The van der Waals surface area contributed by atoms with Gasteiger partial charge in [0.2, 0.25) is 0 Å². The summed E-state index contributed by atoms with van der Waals surface area (Å²) in [6.07, 6.45) is 0. The molecule has 0 bridgehead atoms. The van der Waals surface area contributed by atoms with Crippen molar-refractivity contribution in [2.45, 2.75) is 10.9 Å². The highest BCUT2D eigenvalue weighted by Gasteiger charge is 2.38. The highest BCUT2D eigenvalue weighted by molar-refractivity contribution is 7.99. The van der Waals surface area contributed by atoms with Gasteiger partial charge in [0.05, 0.1) is 29.0 Å². The van der Waals surface area contributed by atoms with E-state index in [1.807, 2.05) is 0 Å². The average Bonchev–Trinajstić information content (AvgIpc) is 2.84. The van der Waals surface area contributed by atoms with E-state index in [2.05, 4.69) is 5.32 Å². The van der Waals surface area contributed by atoms with E-state index in [9.17, 15) is 20.3 Å². The number of nitrogens with one attached hydrogen (secondary N) is 1. The maximum atomic E-state index is 10.5. The van der Waals surface area contributed by atoms with Crippen LogP contribution in [0.25, 0.3) is 0 Å². The Kier molecular flexibility index (Phi) is 3.86. The van der Waals surface area contributed by atoms with Gasteiger partial charge in [0.1, 0.15) is 0 Å². The molecule has 0 aromatic heterocycles. The maximum absolute atomic E-state index is 10.5. The van der Waals surface area contributed by atoms with Crippen LogP contribution in [0, 0.1) is 10.1 Å². The second-order valence-electron chi connectivity index (χ2n) is 4.28. The number of benzene rings is 1. The van der Waals surface area contributed by atoms with E-state index in [1.54, 1.807) is 23.9 Å². The van der Waals surface area contributed by atoms with Gasteiger partial charge in [-0.15, -0.1) is 11.8 Å². The fourth-order valence-corrected chi connectivity index (χ4v) is 3.22. The summed E-state index contributed by atoms with van der Waals surface area (Å²) in [5.74, 6) is 0.599. The van der Waals surface area contributed by atoms with E-state index in [4.69, 9.17) is 0 Å². The minimum absolute atomic E-state index is 0.0531. The molecule has 3 N–H and O–H groups in total. The Labute approximate surface area is 108 Å². The van der Waals surface area contributed by atoms with Crippen molar-refractivity contribution in [3.05, 3.63) is 39.9 Å². The summed E-state index contributed by atoms with van der Waals surface area (Å²) in [6, 6.07) is 6.28. The van der Waals surface area contributed by atoms with Gasteiger partial charge < -0.3 is 10.2 Å². The van der Waals surface area contributed by atoms with Crippen LogP contribution >= 0.6 is 11.8 Å². The first kappa shape index (κ1) is 13.3. The lowest BCUT2D eigenvalue weighted by Gasteiger charge is -2.24. The summed E-state index contributed by atoms with van der Waals surface area (Å²) < 4.78 is 0. The number of thioether (sulfide) groups is 1. The number of nitro groups is 1. The van der Waals surface area contributed by atoms with E-state index in [0.29, 0.717) is 5.75 Å². The Bertz CT molecular complexity index is 433. The van der Waals surface area contributed by atoms with Gasteiger partial charge in [-0.2, -0.15) is 0 Å². The molecular weight excluding hydrogens is 256 g/mol. The molecule has 98 valence electrons. The third-order valence-electron chi connectivity index (χ3n) is 2.98. The Hall–Kier alpha value is -1.15. The normalized spacial score (nSPS) is 22.0. The first-order valence-corrected chi connectivity index (χ1v) is 6.50. The van der Waals surface area contributed by atoms with Crippen molar-refractivity contribution in [3.63, 3.8) is 0 Å². The van der Waals surface area contributed by atoms with Crippen molar-refractivity contribution in [2.75, 3.05) is 19.0 Å². The van der Waals surface area contributed by atoms with Gasteiger partial charge in [-0.05, 0) is 17.7 Å². The number of aliphatic hydroxyl groups is 2. The average molecular weight is 270 g/mol. The molecule has 0 aliphatic carbocycles. The molecule has 7 heteroatoms. The molecule has 1 aromatic carbocycles. The zero-order valence-corrected chi connectivity index (χ0v) is 10.4. The van der Waals surface area contributed by atoms with Crippen molar-refractivity contribution < 1.29 is 15.1 Å². The van der Waals surface area contributed by atoms with Crippen LogP contribution in [0.4, 0.5) is 5.69 Å². The van der Waals surface area contributed by atoms with Gasteiger partial charge in [-0.25, -0.2) is 0 Å². The number of nitrogens with zero attached hydrogens (tertiary/aromatic N) is 1. The Balaban J connectivity index is 2.12. The molecule has 0 radical (unpaired) electrons. The highest BCUT2D eigenvalue weighted by Crippen LogP contribution is 2.37. The maximum Gasteiger partial charge on any atom is 0.269 e. The molecular formula is C11H14N2O4S. The smallest absolute Gasteiger partial charge is 0.269 e. The molecule has 1 fully saturated rings. The Morgan fingerprint density at radius 3 is 2.44 bits per heavy atom. The summed E-state index contributed by atoms with van der Waals surface area (Å²) in [4.78, 5) is 10.1. The van der Waals surface area contributed by atoms with Gasteiger partial charge in [0.25, 0.3) is 5.69 Å². The molecule has 1 aliphatic heterocycles. The van der Waals surface area contributed by atoms with Crippen LogP contribution in [0.15, 0.2) is 24.3 Å². The molecule has 1 saturated heterocycles. The SMILES string of the molecule is O=[N+]([O-])c1ccc([C@@H]2NC(CO)(CO)CS2)cc1. The van der Waals surface area contributed by atoms with Crippen LogP contribution in [0.1, 0.15) is 10.9 Å². The van der Waals surface area contributed by atoms with E-state index < -0.39 is 10.5 Å². The molecule has 2 rings (SSSR count). The number of hydrogen-bond acceptors (Lipinski definition) is 6. The first-order chi connectivity index (χ1) is 8.60. The molecule has 1 aromatic rings. The third kappa shape index (κ3) is 2.49. The second kappa shape index (κ2) is 5.23. The summed E-state index contributed by atoms with van der Waals surface area (Å²) in [7, 11) is 0. The molecule has 1 heterocycles. The molecule has 1 atom stereocenters. The number of non-ortho nitro benzene ring substituents is 1. The minimum atomic E-state index is -0.670. The van der Waals surface area contributed by atoms with Crippen molar-refractivity contribution >= 4 is 17.4 Å². The topological polar surface area (TPSA) is 95.6 Å². The predicted molar refractivity (Wildman–Crippen MR) is 68.3 cm³/mol. The first-order valence-electron chi connectivity index (χ1n) is 5.45. The molecule has 18 heavy (non-hydrogen) atoms. The minimum Gasteiger partial charge on any atom is -0.394 e. The summed E-state index contributed by atoms with van der Waals surface area (Å²) >= 11 is 1.56. The van der Waals surface area contributed by atoms with Gasteiger partial charge in [0.15, 0.2) is 0 Å². The van der Waals surface area contributed by atoms with Crippen LogP contribution in [-0.4, -0.2) is 39.6 Å². The van der Waals surface area contributed by atoms with Crippen LogP contribution in [0.5, 0.6) is 0 Å². The summed E-state index contributed by atoms with van der Waals surface area (Å²) in [6.45, 7) is -0.278. The fourth-order valence-electron chi connectivity index (χ4n) is 1.79. The predicted octanol–water partition coefficient (Wildman–Crippen LogP) is 0.653. The molecule has 0 spiro atoms. The zero-order valence-electron chi connectivity index (χ0n) is 9.57.